The lowest BCUT2D eigenvalue weighted by molar-refractivity contribution is -0.136. The zero-order chi connectivity index (χ0) is 22.1. The molecule has 0 amide bonds. The SMILES string of the molecule is COCCOc1cc2ncnc(Oc3ccc(CC(=O)O)cc3)c2cc1OCCOC. The summed E-state index contributed by atoms with van der Waals surface area (Å²) in [5.41, 5.74) is 1.30. The largest absolute Gasteiger partial charge is 0.487 e. The van der Waals surface area contributed by atoms with Gasteiger partial charge in [0.15, 0.2) is 11.5 Å². The Kier molecular flexibility index (Phi) is 7.97. The second-order valence-corrected chi connectivity index (χ2v) is 6.49. The average molecular weight is 428 g/mol. The molecule has 0 saturated heterocycles. The molecule has 0 radical (unpaired) electrons. The number of carbonyl (C=O) groups is 1. The van der Waals surface area contributed by atoms with Crippen molar-refractivity contribution in [3.05, 3.63) is 48.3 Å². The van der Waals surface area contributed by atoms with Crippen LogP contribution in [0.5, 0.6) is 23.1 Å². The van der Waals surface area contributed by atoms with Crippen molar-refractivity contribution in [1.82, 2.24) is 9.97 Å². The van der Waals surface area contributed by atoms with Gasteiger partial charge < -0.3 is 28.8 Å². The quantitative estimate of drug-likeness (QED) is 0.435. The van der Waals surface area contributed by atoms with Gasteiger partial charge in [0.2, 0.25) is 5.88 Å². The Morgan fingerprint density at radius 1 is 0.903 bits per heavy atom. The molecule has 0 unspecified atom stereocenters. The number of carboxylic acids is 1. The van der Waals surface area contributed by atoms with Crippen LogP contribution in [0.1, 0.15) is 5.56 Å². The minimum atomic E-state index is -0.889. The average Bonchev–Trinajstić information content (AvgIpc) is 2.75. The molecule has 3 aromatic rings. The van der Waals surface area contributed by atoms with Gasteiger partial charge >= 0.3 is 5.97 Å². The minimum absolute atomic E-state index is 0.0509. The van der Waals surface area contributed by atoms with Gasteiger partial charge in [-0.25, -0.2) is 9.97 Å². The molecule has 9 nitrogen and oxygen atoms in total. The van der Waals surface area contributed by atoms with Crippen molar-refractivity contribution in [2.75, 3.05) is 40.6 Å². The fourth-order valence-electron chi connectivity index (χ4n) is 2.78. The summed E-state index contributed by atoms with van der Waals surface area (Å²) >= 11 is 0. The van der Waals surface area contributed by atoms with E-state index in [1.165, 1.54) is 6.33 Å². The number of benzene rings is 2. The predicted molar refractivity (Wildman–Crippen MR) is 112 cm³/mol. The van der Waals surface area contributed by atoms with Crippen molar-refractivity contribution in [3.8, 4) is 23.1 Å². The number of rotatable bonds is 12. The first-order valence-corrected chi connectivity index (χ1v) is 9.61. The van der Waals surface area contributed by atoms with Crippen molar-refractivity contribution in [2.24, 2.45) is 0 Å². The summed E-state index contributed by atoms with van der Waals surface area (Å²) in [5.74, 6) is 1.02. The normalized spacial score (nSPS) is 10.8. The summed E-state index contributed by atoms with van der Waals surface area (Å²) in [4.78, 5) is 19.4. The Hall–Kier alpha value is -3.43. The van der Waals surface area contributed by atoms with Gasteiger partial charge in [0.25, 0.3) is 0 Å². The molecule has 1 heterocycles. The minimum Gasteiger partial charge on any atom is -0.487 e. The molecule has 1 N–H and O–H groups in total. The van der Waals surface area contributed by atoms with E-state index in [4.69, 9.17) is 28.8 Å². The molecule has 31 heavy (non-hydrogen) atoms. The molecule has 0 spiro atoms. The second-order valence-electron chi connectivity index (χ2n) is 6.49. The van der Waals surface area contributed by atoms with E-state index < -0.39 is 5.97 Å². The summed E-state index contributed by atoms with van der Waals surface area (Å²) in [5, 5.41) is 9.54. The van der Waals surface area contributed by atoms with Crippen LogP contribution < -0.4 is 14.2 Å². The van der Waals surface area contributed by atoms with Gasteiger partial charge in [-0.1, -0.05) is 12.1 Å². The Balaban J connectivity index is 1.88. The summed E-state index contributed by atoms with van der Waals surface area (Å²) < 4.78 is 27.6. The molecule has 3 rings (SSSR count). The van der Waals surface area contributed by atoms with E-state index in [1.807, 2.05) is 0 Å². The zero-order valence-electron chi connectivity index (χ0n) is 17.4. The fraction of sp³-hybridized carbons (Fsp3) is 0.318. The molecule has 0 aliphatic heterocycles. The number of hydrogen-bond acceptors (Lipinski definition) is 8. The smallest absolute Gasteiger partial charge is 0.307 e. The Labute approximate surface area is 179 Å². The number of hydrogen-bond donors (Lipinski definition) is 1. The summed E-state index contributed by atoms with van der Waals surface area (Å²) in [7, 11) is 3.20. The van der Waals surface area contributed by atoms with Gasteiger partial charge in [0.05, 0.1) is 30.5 Å². The molecule has 0 aliphatic carbocycles. The van der Waals surface area contributed by atoms with Crippen molar-refractivity contribution < 1.29 is 33.6 Å². The molecule has 2 aromatic carbocycles. The van der Waals surface area contributed by atoms with Crippen molar-refractivity contribution in [2.45, 2.75) is 6.42 Å². The summed E-state index contributed by atoms with van der Waals surface area (Å²) in [6.45, 7) is 1.57. The number of aromatic nitrogens is 2. The van der Waals surface area contributed by atoms with Gasteiger partial charge in [-0.2, -0.15) is 0 Å². The van der Waals surface area contributed by atoms with Crippen LogP contribution in [-0.4, -0.2) is 61.7 Å². The highest BCUT2D eigenvalue weighted by atomic mass is 16.5. The van der Waals surface area contributed by atoms with E-state index in [2.05, 4.69) is 9.97 Å². The number of aliphatic carboxylic acids is 1. The van der Waals surface area contributed by atoms with Gasteiger partial charge in [0.1, 0.15) is 25.3 Å². The van der Waals surface area contributed by atoms with E-state index in [0.29, 0.717) is 66.0 Å². The lowest BCUT2D eigenvalue weighted by Crippen LogP contribution is -2.08. The van der Waals surface area contributed by atoms with E-state index in [0.717, 1.165) is 0 Å². The Morgan fingerprint density at radius 3 is 2.16 bits per heavy atom. The van der Waals surface area contributed by atoms with Crippen LogP contribution >= 0.6 is 0 Å². The molecule has 1 aromatic heterocycles. The van der Waals surface area contributed by atoms with Crippen LogP contribution in [0.2, 0.25) is 0 Å². The first kappa shape index (κ1) is 22.3. The van der Waals surface area contributed by atoms with Crippen molar-refractivity contribution in [3.63, 3.8) is 0 Å². The summed E-state index contributed by atoms with van der Waals surface area (Å²) in [6, 6.07) is 10.3. The van der Waals surface area contributed by atoms with Crippen LogP contribution in [0.4, 0.5) is 0 Å². The molecule has 164 valence electrons. The number of fused-ring (bicyclic) bond motifs is 1. The first-order valence-electron chi connectivity index (χ1n) is 9.61. The third kappa shape index (κ3) is 6.27. The first-order chi connectivity index (χ1) is 15.1. The van der Waals surface area contributed by atoms with E-state index in [9.17, 15) is 4.79 Å². The molecule has 0 fully saturated rings. The lowest BCUT2D eigenvalue weighted by Gasteiger charge is -2.15. The molecule has 0 atom stereocenters. The third-order valence-electron chi connectivity index (χ3n) is 4.25. The maximum absolute atomic E-state index is 10.8. The van der Waals surface area contributed by atoms with Crippen LogP contribution in [0, 0.1) is 0 Å². The second kappa shape index (κ2) is 11.1. The Morgan fingerprint density at radius 2 is 1.55 bits per heavy atom. The van der Waals surface area contributed by atoms with Crippen LogP contribution in [0.3, 0.4) is 0 Å². The van der Waals surface area contributed by atoms with Gasteiger partial charge in [-0.05, 0) is 23.8 Å². The van der Waals surface area contributed by atoms with Crippen LogP contribution in [0.25, 0.3) is 10.9 Å². The Bertz CT molecular complexity index is 1010. The maximum atomic E-state index is 10.8. The molecule has 0 bridgehead atoms. The zero-order valence-corrected chi connectivity index (χ0v) is 17.4. The molecule has 0 saturated carbocycles. The third-order valence-corrected chi connectivity index (χ3v) is 4.25. The van der Waals surface area contributed by atoms with Crippen molar-refractivity contribution in [1.29, 1.82) is 0 Å². The lowest BCUT2D eigenvalue weighted by atomic mass is 10.1. The van der Waals surface area contributed by atoms with Gasteiger partial charge in [0, 0.05) is 20.3 Å². The van der Waals surface area contributed by atoms with Gasteiger partial charge in [-0.3, -0.25) is 4.79 Å². The summed E-state index contributed by atoms with van der Waals surface area (Å²) in [6.07, 6.45) is 1.35. The molecule has 9 heteroatoms. The monoisotopic (exact) mass is 428 g/mol. The van der Waals surface area contributed by atoms with Gasteiger partial charge in [-0.15, -0.1) is 0 Å². The number of methoxy groups -OCH3 is 2. The highest BCUT2D eigenvalue weighted by Gasteiger charge is 2.14. The highest BCUT2D eigenvalue weighted by molar-refractivity contribution is 5.87. The van der Waals surface area contributed by atoms with E-state index >= 15 is 0 Å². The van der Waals surface area contributed by atoms with E-state index in [-0.39, 0.29) is 6.42 Å². The fourth-order valence-corrected chi connectivity index (χ4v) is 2.78. The standard InChI is InChI=1S/C22H24N2O7/c1-27-7-9-29-19-12-17-18(13-20(19)30-10-8-28-2)23-14-24-22(17)31-16-5-3-15(4-6-16)11-21(25)26/h3-6,12-14H,7-11H2,1-2H3,(H,25,26). The molecular weight excluding hydrogens is 404 g/mol. The van der Waals surface area contributed by atoms with Crippen molar-refractivity contribution >= 4 is 16.9 Å². The van der Waals surface area contributed by atoms with Crippen LogP contribution in [0.15, 0.2) is 42.7 Å². The molecular formula is C22H24N2O7. The molecule has 0 aliphatic rings. The number of nitrogens with zero attached hydrogens (tertiary/aromatic N) is 2. The number of ether oxygens (including phenoxy) is 5. The predicted octanol–water partition coefficient (Wildman–Crippen LogP) is 3.10. The van der Waals surface area contributed by atoms with Crippen LogP contribution in [-0.2, 0) is 20.7 Å². The van der Waals surface area contributed by atoms with E-state index in [1.54, 1.807) is 50.6 Å². The maximum Gasteiger partial charge on any atom is 0.307 e. The highest BCUT2D eigenvalue weighted by Crippen LogP contribution is 2.36. The number of carboxylic acid groups (broad SMARTS) is 1. The topological polar surface area (TPSA) is 109 Å².